The van der Waals surface area contributed by atoms with Crippen LogP contribution in [0.4, 0.5) is 0 Å². The zero-order valence-corrected chi connectivity index (χ0v) is 11.5. The van der Waals surface area contributed by atoms with Gasteiger partial charge < -0.3 is 16.2 Å². The smallest absolute Gasteiger partial charge is 0.217 e. The van der Waals surface area contributed by atoms with Gasteiger partial charge >= 0.3 is 0 Å². The van der Waals surface area contributed by atoms with Gasteiger partial charge in [-0.1, -0.05) is 31.2 Å². The van der Waals surface area contributed by atoms with Gasteiger partial charge in [-0.25, -0.2) is 0 Å². The first-order chi connectivity index (χ1) is 9.06. The Bertz CT molecular complexity index is 438. The second kappa shape index (κ2) is 7.59. The van der Waals surface area contributed by atoms with E-state index in [-0.39, 0.29) is 17.7 Å². The quantitative estimate of drug-likeness (QED) is 0.687. The van der Waals surface area contributed by atoms with Crippen molar-refractivity contribution >= 4 is 5.91 Å². The maximum atomic E-state index is 11.2. The van der Waals surface area contributed by atoms with Gasteiger partial charge in [-0.3, -0.25) is 4.79 Å². The van der Waals surface area contributed by atoms with Crippen LogP contribution in [0.2, 0.25) is 0 Å². The Morgan fingerprint density at radius 3 is 2.42 bits per heavy atom. The van der Waals surface area contributed by atoms with Gasteiger partial charge in [0, 0.05) is 13.5 Å². The molecular weight excluding hydrogens is 240 g/mol. The van der Waals surface area contributed by atoms with Crippen LogP contribution >= 0.6 is 0 Å². The molecule has 1 aromatic rings. The number of nitrogens with two attached hydrogens (primary N) is 1. The summed E-state index contributed by atoms with van der Waals surface area (Å²) in [5, 5.41) is 12.7. The fourth-order valence-corrected chi connectivity index (χ4v) is 1.87. The van der Waals surface area contributed by atoms with Gasteiger partial charge in [-0.15, -0.1) is 0 Å². The topological polar surface area (TPSA) is 75.3 Å². The summed E-state index contributed by atoms with van der Waals surface area (Å²) in [6, 6.07) is 7.48. The van der Waals surface area contributed by atoms with E-state index in [1.54, 1.807) is 6.08 Å². The molecule has 0 heterocycles. The Hall–Kier alpha value is -1.81. The van der Waals surface area contributed by atoms with Crippen molar-refractivity contribution in [2.45, 2.75) is 39.3 Å². The number of nitrogens with one attached hydrogen (secondary N) is 1. The molecule has 0 saturated carbocycles. The van der Waals surface area contributed by atoms with Crippen molar-refractivity contribution in [2.24, 2.45) is 5.73 Å². The molecule has 0 aliphatic carbocycles. The van der Waals surface area contributed by atoms with Gasteiger partial charge in [0.15, 0.2) is 0 Å². The van der Waals surface area contributed by atoms with Gasteiger partial charge in [0.25, 0.3) is 0 Å². The van der Waals surface area contributed by atoms with E-state index >= 15 is 0 Å². The summed E-state index contributed by atoms with van der Waals surface area (Å²) in [6.07, 6.45) is 3.01. The lowest BCUT2D eigenvalue weighted by Crippen LogP contribution is -2.36. The van der Waals surface area contributed by atoms with Crippen LogP contribution in [-0.4, -0.2) is 17.1 Å². The number of allylic oxidation sites excluding steroid dienone is 1. The van der Waals surface area contributed by atoms with Crippen LogP contribution in [0.25, 0.3) is 0 Å². The van der Waals surface area contributed by atoms with E-state index in [2.05, 4.69) is 5.32 Å². The van der Waals surface area contributed by atoms with Crippen molar-refractivity contribution in [1.29, 1.82) is 0 Å². The molecular formula is C15H22N2O2. The summed E-state index contributed by atoms with van der Waals surface area (Å²) in [4.78, 5) is 11.2. The summed E-state index contributed by atoms with van der Waals surface area (Å²) < 4.78 is 0. The van der Waals surface area contributed by atoms with E-state index in [1.165, 1.54) is 6.92 Å². The minimum Gasteiger partial charge on any atom is -0.510 e. The maximum absolute atomic E-state index is 11.2. The van der Waals surface area contributed by atoms with Crippen LogP contribution in [0, 0.1) is 0 Å². The number of carbonyl (C=O) groups excluding carboxylic acids is 1. The molecule has 1 unspecified atom stereocenters. The van der Waals surface area contributed by atoms with E-state index in [0.29, 0.717) is 13.0 Å². The zero-order chi connectivity index (χ0) is 14.3. The number of hydrogen-bond acceptors (Lipinski definition) is 3. The monoisotopic (exact) mass is 262 g/mol. The van der Waals surface area contributed by atoms with Gasteiger partial charge in [0.1, 0.15) is 5.76 Å². The van der Waals surface area contributed by atoms with E-state index in [1.807, 2.05) is 31.2 Å². The molecule has 1 rings (SSSR count). The highest BCUT2D eigenvalue weighted by Crippen LogP contribution is 2.11. The van der Waals surface area contributed by atoms with Crippen molar-refractivity contribution < 1.29 is 9.90 Å². The molecule has 0 aromatic heterocycles. The van der Waals surface area contributed by atoms with Crippen molar-refractivity contribution in [3.8, 4) is 0 Å². The lowest BCUT2D eigenvalue weighted by Gasteiger charge is -2.17. The molecule has 0 aliphatic rings. The summed E-state index contributed by atoms with van der Waals surface area (Å²) in [6.45, 7) is 3.90. The number of hydrogen-bond donors (Lipinski definition) is 3. The maximum Gasteiger partial charge on any atom is 0.217 e. The van der Waals surface area contributed by atoms with Gasteiger partial charge in [0.05, 0.1) is 6.04 Å². The highest BCUT2D eigenvalue weighted by Gasteiger charge is 2.15. The summed E-state index contributed by atoms with van der Waals surface area (Å²) in [5.74, 6) is 0.0558. The van der Waals surface area contributed by atoms with Crippen molar-refractivity contribution in [1.82, 2.24) is 5.32 Å². The number of aliphatic hydroxyl groups excluding tert-OH is 1. The van der Waals surface area contributed by atoms with Crippen molar-refractivity contribution in [3.63, 3.8) is 0 Å². The second-order valence-corrected chi connectivity index (χ2v) is 4.52. The van der Waals surface area contributed by atoms with E-state index < -0.39 is 0 Å². The average Bonchev–Trinajstić information content (AvgIpc) is 2.38. The van der Waals surface area contributed by atoms with Crippen LogP contribution in [0.3, 0.4) is 0 Å². The molecule has 4 N–H and O–H groups in total. The number of rotatable bonds is 6. The standard InChI is InChI=1S/C15H22N2O2/c1-3-4-15(19)14(17-11(2)18)9-12-5-7-13(10-16)8-6-12/h4-8,14,19H,3,9-10,16H2,1-2H3,(H,17,18)/b15-4+. The van der Waals surface area contributed by atoms with Crippen molar-refractivity contribution in [2.75, 3.05) is 0 Å². The predicted octanol–water partition coefficient (Wildman–Crippen LogP) is 2.04. The van der Waals surface area contributed by atoms with Crippen molar-refractivity contribution in [3.05, 3.63) is 47.2 Å². The zero-order valence-electron chi connectivity index (χ0n) is 11.5. The number of benzene rings is 1. The van der Waals surface area contributed by atoms with Gasteiger partial charge in [0.2, 0.25) is 5.91 Å². The fourth-order valence-electron chi connectivity index (χ4n) is 1.87. The third-order valence-corrected chi connectivity index (χ3v) is 2.85. The summed E-state index contributed by atoms with van der Waals surface area (Å²) in [7, 11) is 0. The molecule has 1 atom stereocenters. The molecule has 19 heavy (non-hydrogen) atoms. The molecule has 4 nitrogen and oxygen atoms in total. The van der Waals surface area contributed by atoms with Crippen LogP contribution in [0.5, 0.6) is 0 Å². The molecule has 0 spiro atoms. The minimum atomic E-state index is -0.374. The van der Waals surface area contributed by atoms with Gasteiger partial charge in [-0.05, 0) is 30.0 Å². The number of amides is 1. The number of aliphatic hydroxyl groups is 1. The Balaban J connectivity index is 2.80. The molecule has 0 fully saturated rings. The SMILES string of the molecule is CC/C=C(/O)C(Cc1ccc(CN)cc1)NC(C)=O. The molecule has 0 radical (unpaired) electrons. The lowest BCUT2D eigenvalue weighted by atomic mass is 10.0. The molecule has 1 aromatic carbocycles. The minimum absolute atomic E-state index is 0.153. The first-order valence-electron chi connectivity index (χ1n) is 6.50. The Morgan fingerprint density at radius 1 is 1.37 bits per heavy atom. The van der Waals surface area contributed by atoms with Gasteiger partial charge in [-0.2, -0.15) is 0 Å². The van der Waals surface area contributed by atoms with E-state index in [0.717, 1.165) is 17.5 Å². The Morgan fingerprint density at radius 2 is 1.95 bits per heavy atom. The Kier molecular flexibility index (Phi) is 6.09. The molecule has 4 heteroatoms. The molecule has 0 saturated heterocycles. The first-order valence-corrected chi connectivity index (χ1v) is 6.50. The summed E-state index contributed by atoms with van der Waals surface area (Å²) >= 11 is 0. The predicted molar refractivity (Wildman–Crippen MR) is 76.6 cm³/mol. The first kappa shape index (κ1) is 15.2. The van der Waals surface area contributed by atoms with E-state index in [4.69, 9.17) is 5.73 Å². The average molecular weight is 262 g/mol. The van der Waals surface area contributed by atoms with Crippen LogP contribution < -0.4 is 11.1 Å². The van der Waals surface area contributed by atoms with Crippen LogP contribution in [-0.2, 0) is 17.8 Å². The summed E-state index contributed by atoms with van der Waals surface area (Å²) in [5.41, 5.74) is 7.66. The third-order valence-electron chi connectivity index (χ3n) is 2.85. The highest BCUT2D eigenvalue weighted by atomic mass is 16.3. The van der Waals surface area contributed by atoms with E-state index in [9.17, 15) is 9.90 Å². The van der Waals surface area contributed by atoms with Crippen LogP contribution in [0.1, 0.15) is 31.4 Å². The Labute approximate surface area is 114 Å². The fraction of sp³-hybridized carbons (Fsp3) is 0.400. The molecule has 104 valence electrons. The highest BCUT2D eigenvalue weighted by molar-refractivity contribution is 5.73. The third kappa shape index (κ3) is 5.14. The van der Waals surface area contributed by atoms with Crippen LogP contribution in [0.15, 0.2) is 36.1 Å². The second-order valence-electron chi connectivity index (χ2n) is 4.52. The lowest BCUT2D eigenvalue weighted by molar-refractivity contribution is -0.119. The largest absolute Gasteiger partial charge is 0.510 e. The number of carbonyl (C=O) groups is 1. The molecule has 0 bridgehead atoms. The molecule has 0 aliphatic heterocycles. The molecule has 1 amide bonds. The normalized spacial score (nSPS) is 13.1.